The molecular weight excluding hydrogens is 315 g/mol. The Labute approximate surface area is 132 Å². The fourth-order valence-corrected chi connectivity index (χ4v) is 2.46. The third-order valence-corrected chi connectivity index (χ3v) is 3.49. The number of nitrogens with zero attached hydrogens (tertiary/aromatic N) is 3. The van der Waals surface area contributed by atoms with Crippen molar-refractivity contribution in [1.29, 1.82) is 0 Å². The van der Waals surface area contributed by atoms with Gasteiger partial charge in [-0.05, 0) is 38.4 Å². The van der Waals surface area contributed by atoms with E-state index in [4.69, 9.17) is 12.2 Å². The lowest BCUT2D eigenvalue weighted by Gasteiger charge is -2.28. The lowest BCUT2D eigenvalue weighted by atomic mass is 10.1. The Morgan fingerprint density at radius 2 is 1.95 bits per heavy atom. The molecule has 0 radical (unpaired) electrons. The highest BCUT2D eigenvalue weighted by Crippen LogP contribution is 2.31. The van der Waals surface area contributed by atoms with Crippen molar-refractivity contribution in [3.63, 3.8) is 0 Å². The van der Waals surface area contributed by atoms with Crippen molar-refractivity contribution in [2.45, 2.75) is 32.4 Å². The quantitative estimate of drug-likeness (QED) is 0.830. The summed E-state index contributed by atoms with van der Waals surface area (Å²) >= 11 is 4.97. The van der Waals surface area contributed by atoms with Crippen LogP contribution in [0.1, 0.15) is 31.9 Å². The van der Waals surface area contributed by atoms with Crippen LogP contribution in [0.15, 0.2) is 6.07 Å². The standard InChI is InChI=1S/C13H18F3N5S/c1-2-17-12(22)20-11-18-9(13(14,15)16)8-10(19-11)21-6-4-3-5-7-21/h8H,2-7H2,1H3,(H2,17,18,19,20,22). The highest BCUT2D eigenvalue weighted by atomic mass is 32.1. The number of aromatic nitrogens is 2. The topological polar surface area (TPSA) is 53.1 Å². The van der Waals surface area contributed by atoms with Gasteiger partial charge in [-0.1, -0.05) is 0 Å². The molecule has 2 heterocycles. The van der Waals surface area contributed by atoms with Crippen LogP contribution in [0.3, 0.4) is 0 Å². The first kappa shape index (κ1) is 16.7. The number of thiocarbonyl (C=S) groups is 1. The molecule has 5 nitrogen and oxygen atoms in total. The second-order valence-electron chi connectivity index (χ2n) is 4.96. The van der Waals surface area contributed by atoms with Crippen LogP contribution in [-0.2, 0) is 6.18 Å². The van der Waals surface area contributed by atoms with E-state index in [1.807, 2.05) is 11.8 Å². The summed E-state index contributed by atoms with van der Waals surface area (Å²) in [6, 6.07) is 0.993. The molecule has 1 aliphatic rings. The minimum atomic E-state index is -4.52. The van der Waals surface area contributed by atoms with Gasteiger partial charge in [-0.2, -0.15) is 18.2 Å². The van der Waals surface area contributed by atoms with Gasteiger partial charge in [-0.3, -0.25) is 0 Å². The molecule has 0 atom stereocenters. The zero-order chi connectivity index (χ0) is 16.2. The Bertz CT molecular complexity index is 529. The lowest BCUT2D eigenvalue weighted by Crippen LogP contribution is -2.32. The first-order valence-corrected chi connectivity index (χ1v) is 7.57. The Morgan fingerprint density at radius 3 is 2.55 bits per heavy atom. The fraction of sp³-hybridized carbons (Fsp3) is 0.615. The van der Waals surface area contributed by atoms with Crippen molar-refractivity contribution in [2.24, 2.45) is 0 Å². The first-order valence-electron chi connectivity index (χ1n) is 7.16. The fourth-order valence-electron chi connectivity index (χ4n) is 2.23. The molecule has 0 saturated carbocycles. The first-order chi connectivity index (χ1) is 10.4. The van der Waals surface area contributed by atoms with Gasteiger partial charge in [0.1, 0.15) is 5.82 Å². The van der Waals surface area contributed by atoms with E-state index in [1.54, 1.807) is 0 Å². The van der Waals surface area contributed by atoms with E-state index in [0.29, 0.717) is 19.6 Å². The average molecular weight is 333 g/mol. The van der Waals surface area contributed by atoms with Gasteiger partial charge in [0.15, 0.2) is 10.8 Å². The smallest absolute Gasteiger partial charge is 0.363 e. The van der Waals surface area contributed by atoms with Crippen molar-refractivity contribution in [3.05, 3.63) is 11.8 Å². The summed E-state index contributed by atoms with van der Waals surface area (Å²) in [6.45, 7) is 3.79. The molecule has 1 saturated heterocycles. The maximum Gasteiger partial charge on any atom is 0.433 e. The molecular formula is C13H18F3N5S. The van der Waals surface area contributed by atoms with Gasteiger partial charge in [-0.25, -0.2) is 4.98 Å². The van der Waals surface area contributed by atoms with E-state index in [-0.39, 0.29) is 16.9 Å². The third-order valence-electron chi connectivity index (χ3n) is 3.25. The van der Waals surface area contributed by atoms with Crippen LogP contribution < -0.4 is 15.5 Å². The van der Waals surface area contributed by atoms with E-state index < -0.39 is 11.9 Å². The van der Waals surface area contributed by atoms with Gasteiger partial charge in [-0.15, -0.1) is 0 Å². The summed E-state index contributed by atoms with van der Waals surface area (Å²) in [7, 11) is 0. The Hall–Kier alpha value is -1.64. The van der Waals surface area contributed by atoms with E-state index >= 15 is 0 Å². The number of anilines is 2. The maximum atomic E-state index is 13.0. The van der Waals surface area contributed by atoms with Crippen molar-refractivity contribution in [1.82, 2.24) is 15.3 Å². The minimum absolute atomic E-state index is 0.138. The van der Waals surface area contributed by atoms with Crippen LogP contribution in [0.25, 0.3) is 0 Å². The summed E-state index contributed by atoms with van der Waals surface area (Å²) in [4.78, 5) is 9.54. The Balaban J connectivity index is 2.29. The molecule has 9 heteroatoms. The van der Waals surface area contributed by atoms with Crippen LogP contribution in [0.5, 0.6) is 0 Å². The third kappa shape index (κ3) is 4.43. The molecule has 0 aromatic carbocycles. The number of hydrogen-bond acceptors (Lipinski definition) is 4. The van der Waals surface area contributed by atoms with Gasteiger partial charge >= 0.3 is 6.18 Å². The molecule has 0 spiro atoms. The highest BCUT2D eigenvalue weighted by Gasteiger charge is 2.34. The van der Waals surface area contributed by atoms with Crippen molar-refractivity contribution in [2.75, 3.05) is 29.9 Å². The molecule has 22 heavy (non-hydrogen) atoms. The van der Waals surface area contributed by atoms with Crippen LogP contribution in [0, 0.1) is 0 Å². The summed E-state index contributed by atoms with van der Waals surface area (Å²) in [5, 5.41) is 5.60. The molecule has 0 amide bonds. The molecule has 1 aliphatic heterocycles. The molecule has 122 valence electrons. The lowest BCUT2D eigenvalue weighted by molar-refractivity contribution is -0.141. The van der Waals surface area contributed by atoms with Crippen molar-refractivity contribution >= 4 is 29.1 Å². The van der Waals surface area contributed by atoms with Gasteiger partial charge in [0, 0.05) is 25.7 Å². The minimum Gasteiger partial charge on any atom is -0.363 e. The number of rotatable bonds is 3. The second kappa shape index (κ2) is 7.08. The number of nitrogens with one attached hydrogen (secondary N) is 2. The monoisotopic (exact) mass is 333 g/mol. The number of piperidine rings is 1. The number of alkyl halides is 3. The number of hydrogen-bond donors (Lipinski definition) is 2. The van der Waals surface area contributed by atoms with Gasteiger partial charge in [0.05, 0.1) is 0 Å². The number of halogens is 3. The molecule has 0 unspecified atom stereocenters. The Kier molecular flexibility index (Phi) is 5.38. The van der Waals surface area contributed by atoms with E-state index in [9.17, 15) is 13.2 Å². The second-order valence-corrected chi connectivity index (χ2v) is 5.37. The summed E-state index contributed by atoms with van der Waals surface area (Å²) in [5.74, 6) is 0.144. The molecule has 2 N–H and O–H groups in total. The molecule has 2 rings (SSSR count). The Morgan fingerprint density at radius 1 is 1.27 bits per heavy atom. The molecule has 0 bridgehead atoms. The molecule has 1 aromatic rings. The largest absolute Gasteiger partial charge is 0.433 e. The average Bonchev–Trinajstić information content (AvgIpc) is 2.47. The molecule has 1 aromatic heterocycles. The predicted octanol–water partition coefficient (Wildman–Crippen LogP) is 2.79. The van der Waals surface area contributed by atoms with Crippen LogP contribution >= 0.6 is 12.2 Å². The van der Waals surface area contributed by atoms with Crippen LogP contribution in [0.2, 0.25) is 0 Å². The van der Waals surface area contributed by atoms with E-state index in [2.05, 4.69) is 20.6 Å². The van der Waals surface area contributed by atoms with E-state index in [1.165, 1.54) is 0 Å². The summed E-state index contributed by atoms with van der Waals surface area (Å²) < 4.78 is 39.0. The van der Waals surface area contributed by atoms with Crippen molar-refractivity contribution < 1.29 is 13.2 Å². The predicted molar refractivity (Wildman–Crippen MR) is 83.0 cm³/mol. The van der Waals surface area contributed by atoms with Gasteiger partial charge in [0.2, 0.25) is 5.95 Å². The highest BCUT2D eigenvalue weighted by molar-refractivity contribution is 7.80. The van der Waals surface area contributed by atoms with E-state index in [0.717, 1.165) is 25.3 Å². The zero-order valence-electron chi connectivity index (χ0n) is 12.2. The van der Waals surface area contributed by atoms with Crippen molar-refractivity contribution in [3.8, 4) is 0 Å². The summed E-state index contributed by atoms with van der Waals surface area (Å²) in [6.07, 6.45) is -1.54. The van der Waals surface area contributed by atoms with Gasteiger partial charge < -0.3 is 15.5 Å². The van der Waals surface area contributed by atoms with Crippen LogP contribution in [0.4, 0.5) is 24.9 Å². The normalized spacial score (nSPS) is 15.5. The summed E-state index contributed by atoms with van der Waals surface area (Å²) in [5.41, 5.74) is -0.968. The van der Waals surface area contributed by atoms with Crippen LogP contribution in [-0.4, -0.2) is 34.7 Å². The SMILES string of the molecule is CCNC(=S)Nc1nc(N2CCCCC2)cc(C(F)(F)F)n1. The molecule has 0 aliphatic carbocycles. The molecule has 1 fully saturated rings. The zero-order valence-corrected chi connectivity index (χ0v) is 13.0. The van der Waals surface area contributed by atoms with Gasteiger partial charge in [0.25, 0.3) is 0 Å². The maximum absolute atomic E-state index is 13.0.